The van der Waals surface area contributed by atoms with Crippen LogP contribution in [0.5, 0.6) is 0 Å². The Balaban J connectivity index is 1.65. The molecule has 2 atom stereocenters. The first-order valence-electron chi connectivity index (χ1n) is 9.56. The van der Waals surface area contributed by atoms with Crippen LogP contribution in [-0.4, -0.2) is 82.4 Å². The normalized spacial score (nSPS) is 22.1. The molecule has 3 aliphatic rings. The number of piperidine rings is 1. The maximum absolute atomic E-state index is 12.8. The Bertz CT molecular complexity index is 742. The number of nitrogens with zero attached hydrogens (tertiary/aromatic N) is 4. The summed E-state index contributed by atoms with van der Waals surface area (Å²) in [4.78, 5) is 42.6. The van der Waals surface area contributed by atoms with Crippen LogP contribution in [0.15, 0.2) is 0 Å². The van der Waals surface area contributed by atoms with E-state index in [2.05, 4.69) is 10.2 Å². The van der Waals surface area contributed by atoms with Crippen molar-refractivity contribution < 1.29 is 14.4 Å². The van der Waals surface area contributed by atoms with Crippen molar-refractivity contribution in [3.05, 3.63) is 17.0 Å². The quantitative estimate of drug-likeness (QED) is 0.811. The van der Waals surface area contributed by atoms with E-state index in [0.29, 0.717) is 25.9 Å². The lowest BCUT2D eigenvalue weighted by atomic mass is 9.94. The number of fused-ring (bicyclic) bond motifs is 4. The number of H-pyrrole nitrogens is 1. The summed E-state index contributed by atoms with van der Waals surface area (Å²) in [6.07, 6.45) is 2.61. The molecule has 1 aromatic heterocycles. The summed E-state index contributed by atoms with van der Waals surface area (Å²) in [6, 6.07) is -0.0709. The first-order chi connectivity index (χ1) is 12.8. The number of amides is 3. The molecule has 148 valence electrons. The van der Waals surface area contributed by atoms with E-state index >= 15 is 0 Å². The average Bonchev–Trinajstić information content (AvgIpc) is 2.80. The van der Waals surface area contributed by atoms with E-state index in [4.69, 9.17) is 0 Å². The monoisotopic (exact) mass is 375 g/mol. The number of nitrogens with one attached hydrogen (secondary N) is 1. The maximum Gasteiger partial charge on any atom is 0.241 e. The zero-order chi connectivity index (χ0) is 19.7. The fraction of sp³-hybridized carbons (Fsp3) is 0.684. The molecule has 27 heavy (non-hydrogen) atoms. The van der Waals surface area contributed by atoms with Gasteiger partial charge in [-0.05, 0) is 32.3 Å². The fourth-order valence-corrected chi connectivity index (χ4v) is 3.90. The molecule has 3 amide bonds. The van der Waals surface area contributed by atoms with Crippen LogP contribution in [0.25, 0.3) is 0 Å². The SMILES string of the molecule is Cc1[nH]nc(CCC(=O)N2C[C@@H]3CC[C@H](C2)N(CC(=O)N(C)C)C3=O)c1C. The predicted octanol–water partition coefficient (Wildman–Crippen LogP) is 0.497. The molecule has 0 radical (unpaired) electrons. The first kappa shape index (κ1) is 19.4. The lowest BCUT2D eigenvalue weighted by molar-refractivity contribution is -0.145. The van der Waals surface area contributed by atoms with Gasteiger partial charge in [-0.15, -0.1) is 0 Å². The Labute approximate surface area is 159 Å². The van der Waals surface area contributed by atoms with Gasteiger partial charge in [-0.1, -0.05) is 0 Å². The van der Waals surface area contributed by atoms with Gasteiger partial charge in [0.1, 0.15) is 6.54 Å². The summed E-state index contributed by atoms with van der Waals surface area (Å²) >= 11 is 0. The van der Waals surface area contributed by atoms with E-state index in [1.165, 1.54) is 4.90 Å². The highest BCUT2D eigenvalue weighted by atomic mass is 16.2. The van der Waals surface area contributed by atoms with Gasteiger partial charge in [0, 0.05) is 51.8 Å². The van der Waals surface area contributed by atoms with Gasteiger partial charge >= 0.3 is 0 Å². The van der Waals surface area contributed by atoms with Crippen molar-refractivity contribution in [1.82, 2.24) is 24.9 Å². The van der Waals surface area contributed by atoms with E-state index < -0.39 is 0 Å². The minimum atomic E-state index is -0.197. The summed E-state index contributed by atoms with van der Waals surface area (Å²) in [5, 5.41) is 7.22. The molecule has 0 spiro atoms. The van der Waals surface area contributed by atoms with E-state index in [9.17, 15) is 14.4 Å². The second-order valence-electron chi connectivity index (χ2n) is 7.90. The van der Waals surface area contributed by atoms with Crippen LogP contribution < -0.4 is 0 Å². The van der Waals surface area contributed by atoms with Gasteiger partial charge < -0.3 is 14.7 Å². The summed E-state index contributed by atoms with van der Waals surface area (Å²) in [5.74, 6) is -0.216. The Morgan fingerprint density at radius 1 is 1.22 bits per heavy atom. The van der Waals surface area contributed by atoms with Crippen molar-refractivity contribution in [2.45, 2.75) is 45.6 Å². The van der Waals surface area contributed by atoms with Crippen molar-refractivity contribution in [2.24, 2.45) is 5.92 Å². The number of aryl methyl sites for hydroxylation is 2. The highest BCUT2D eigenvalue weighted by Gasteiger charge is 2.42. The van der Waals surface area contributed by atoms with Gasteiger partial charge in [0.2, 0.25) is 17.7 Å². The minimum absolute atomic E-state index is 0.00974. The van der Waals surface area contributed by atoms with Gasteiger partial charge in [-0.3, -0.25) is 19.5 Å². The largest absolute Gasteiger partial charge is 0.347 e. The van der Waals surface area contributed by atoms with Crippen molar-refractivity contribution >= 4 is 17.7 Å². The summed E-state index contributed by atoms with van der Waals surface area (Å²) in [5.41, 5.74) is 3.05. The summed E-state index contributed by atoms with van der Waals surface area (Å²) in [7, 11) is 3.38. The second kappa shape index (κ2) is 7.70. The molecule has 1 aromatic rings. The van der Waals surface area contributed by atoms with Gasteiger partial charge in [0.15, 0.2) is 0 Å². The third kappa shape index (κ3) is 3.99. The van der Waals surface area contributed by atoms with Gasteiger partial charge in [-0.25, -0.2) is 0 Å². The topological polar surface area (TPSA) is 89.6 Å². The number of rotatable bonds is 5. The van der Waals surface area contributed by atoms with Crippen LogP contribution >= 0.6 is 0 Å². The Kier molecular flexibility index (Phi) is 5.53. The Morgan fingerprint density at radius 2 is 1.96 bits per heavy atom. The molecule has 8 nitrogen and oxygen atoms in total. The summed E-state index contributed by atoms with van der Waals surface area (Å²) in [6.45, 7) is 5.04. The zero-order valence-corrected chi connectivity index (χ0v) is 16.6. The summed E-state index contributed by atoms with van der Waals surface area (Å²) < 4.78 is 0. The third-order valence-corrected chi connectivity index (χ3v) is 5.88. The molecule has 3 saturated heterocycles. The van der Waals surface area contributed by atoms with E-state index in [0.717, 1.165) is 29.8 Å². The highest BCUT2D eigenvalue weighted by molar-refractivity contribution is 5.88. The van der Waals surface area contributed by atoms with E-state index in [1.54, 1.807) is 19.0 Å². The Hall–Kier alpha value is -2.38. The molecule has 4 heterocycles. The van der Waals surface area contributed by atoms with Crippen molar-refractivity contribution in [1.29, 1.82) is 0 Å². The van der Waals surface area contributed by atoms with Crippen molar-refractivity contribution in [3.8, 4) is 0 Å². The molecule has 3 fully saturated rings. The lowest BCUT2D eigenvalue weighted by Gasteiger charge is -2.35. The predicted molar refractivity (Wildman–Crippen MR) is 99.9 cm³/mol. The molecular weight excluding hydrogens is 346 g/mol. The van der Waals surface area contributed by atoms with Crippen LogP contribution in [-0.2, 0) is 20.8 Å². The van der Waals surface area contributed by atoms with Crippen LogP contribution in [0.3, 0.4) is 0 Å². The minimum Gasteiger partial charge on any atom is -0.347 e. The highest BCUT2D eigenvalue weighted by Crippen LogP contribution is 2.29. The smallest absolute Gasteiger partial charge is 0.241 e. The average molecular weight is 375 g/mol. The van der Waals surface area contributed by atoms with Crippen LogP contribution in [0, 0.1) is 19.8 Å². The second-order valence-corrected chi connectivity index (χ2v) is 7.90. The molecule has 4 rings (SSSR count). The first-order valence-corrected chi connectivity index (χ1v) is 9.56. The van der Waals surface area contributed by atoms with Crippen LogP contribution in [0.4, 0.5) is 0 Å². The van der Waals surface area contributed by atoms with Crippen molar-refractivity contribution in [3.63, 3.8) is 0 Å². The maximum atomic E-state index is 12.8. The van der Waals surface area contributed by atoms with Crippen LogP contribution in [0.2, 0.25) is 0 Å². The number of hydrogen-bond donors (Lipinski definition) is 1. The number of aromatic nitrogens is 2. The van der Waals surface area contributed by atoms with Gasteiger partial charge in [0.05, 0.1) is 11.6 Å². The van der Waals surface area contributed by atoms with Crippen molar-refractivity contribution in [2.75, 3.05) is 33.7 Å². The molecule has 3 aliphatic heterocycles. The molecule has 0 saturated carbocycles. The number of carbonyl (C=O) groups excluding carboxylic acids is 3. The Morgan fingerprint density at radius 3 is 2.59 bits per heavy atom. The van der Waals surface area contributed by atoms with Crippen LogP contribution in [0.1, 0.15) is 36.2 Å². The van der Waals surface area contributed by atoms with Gasteiger partial charge in [0.25, 0.3) is 0 Å². The lowest BCUT2D eigenvalue weighted by Crippen LogP contribution is -2.51. The number of carbonyl (C=O) groups is 3. The van der Waals surface area contributed by atoms with E-state index in [-0.39, 0.29) is 36.2 Å². The molecular formula is C19H29N5O3. The number of hydrogen-bond acceptors (Lipinski definition) is 4. The molecule has 8 heteroatoms. The molecule has 0 aromatic carbocycles. The zero-order valence-electron chi connectivity index (χ0n) is 16.6. The third-order valence-electron chi connectivity index (χ3n) is 5.88. The molecule has 0 aliphatic carbocycles. The molecule has 0 unspecified atom stereocenters. The van der Waals surface area contributed by atoms with E-state index in [1.807, 2.05) is 18.7 Å². The fourth-order valence-electron chi connectivity index (χ4n) is 3.90. The molecule has 1 N–H and O–H groups in total. The standard InChI is InChI=1S/C19H29N5O3/c1-12-13(2)20-21-16(12)7-8-17(25)23-9-14-5-6-15(10-23)24(19(14)27)11-18(26)22(3)4/h14-15H,5-11H2,1-4H3,(H,20,21)/t14-,15+/m0/s1. The number of aromatic amines is 1. The van der Waals surface area contributed by atoms with Gasteiger partial charge in [-0.2, -0.15) is 5.10 Å². The molecule has 2 bridgehead atoms. The number of likely N-dealkylation sites (N-methyl/N-ethyl adjacent to an activating group) is 1.